The van der Waals surface area contributed by atoms with Crippen LogP contribution in [0.3, 0.4) is 0 Å². The van der Waals surface area contributed by atoms with E-state index in [-0.39, 0.29) is 11.0 Å². The van der Waals surface area contributed by atoms with Crippen LogP contribution in [0.5, 0.6) is 5.75 Å². The molecule has 174 valence electrons. The van der Waals surface area contributed by atoms with E-state index in [1.165, 1.54) is 5.56 Å². The minimum absolute atomic E-state index is 0.206. The third kappa shape index (κ3) is 6.16. The molecule has 1 aromatic heterocycles. The first-order valence-corrected chi connectivity index (χ1v) is 12.4. The molecule has 3 aromatic carbocycles. The number of phenolic OH excluding ortho intramolecular Hbond substituents is 1. The van der Waals surface area contributed by atoms with Crippen molar-refractivity contribution in [3.63, 3.8) is 0 Å². The van der Waals surface area contributed by atoms with E-state index in [1.54, 1.807) is 17.8 Å². The first-order chi connectivity index (χ1) is 16.6. The summed E-state index contributed by atoms with van der Waals surface area (Å²) < 4.78 is 6.02. The zero-order valence-corrected chi connectivity index (χ0v) is 20.3. The Bertz CT molecular complexity index is 1210. The molecule has 0 radical (unpaired) electrons. The highest BCUT2D eigenvalue weighted by atomic mass is 32.2. The molecule has 0 amide bonds. The van der Waals surface area contributed by atoms with Crippen molar-refractivity contribution < 1.29 is 9.52 Å². The number of phenols is 1. The van der Waals surface area contributed by atoms with Crippen LogP contribution in [0.15, 0.2) is 89.4 Å². The predicted octanol–water partition coefficient (Wildman–Crippen LogP) is 6.43. The molecule has 0 fully saturated rings. The van der Waals surface area contributed by atoms with Crippen LogP contribution in [0.4, 0.5) is 0 Å². The predicted molar refractivity (Wildman–Crippen MR) is 140 cm³/mol. The van der Waals surface area contributed by atoms with Crippen molar-refractivity contribution in [1.29, 1.82) is 0 Å². The Labute approximate surface area is 205 Å². The number of nitrogens with zero attached hydrogens (tertiary/aromatic N) is 3. The van der Waals surface area contributed by atoms with Crippen molar-refractivity contribution in [2.45, 2.75) is 18.7 Å². The summed E-state index contributed by atoms with van der Waals surface area (Å²) in [6.07, 6.45) is 4.29. The summed E-state index contributed by atoms with van der Waals surface area (Å²) in [5.74, 6) is 2.07. The molecule has 4 rings (SSSR count). The van der Waals surface area contributed by atoms with E-state index in [4.69, 9.17) is 4.42 Å². The molecule has 0 aliphatic heterocycles. The maximum Gasteiger partial charge on any atom is 0.247 e. The minimum Gasteiger partial charge on any atom is -0.508 e. The lowest BCUT2D eigenvalue weighted by Crippen LogP contribution is -2.17. The molecule has 0 saturated heterocycles. The largest absolute Gasteiger partial charge is 0.508 e. The Hall–Kier alpha value is -3.35. The molecule has 34 heavy (non-hydrogen) atoms. The molecule has 0 bridgehead atoms. The van der Waals surface area contributed by atoms with Crippen LogP contribution in [-0.4, -0.2) is 39.5 Å². The molecule has 0 spiro atoms. The van der Waals surface area contributed by atoms with Crippen LogP contribution in [0.1, 0.15) is 34.8 Å². The standard InChI is InChI=1S/C28H29N3O2S/c1-3-34-26(24-13-7-8-14-25(24)32)28-30-29-27(33-28)23-17-15-21(16-18-23)12-9-19-31(2)20-22-10-5-4-6-11-22/h4-18,26,32H,3,19-20H2,1-2H3. The van der Waals surface area contributed by atoms with Gasteiger partial charge in [-0.25, -0.2) is 0 Å². The van der Waals surface area contributed by atoms with E-state index in [0.717, 1.165) is 35.5 Å². The van der Waals surface area contributed by atoms with Gasteiger partial charge in [0.2, 0.25) is 11.8 Å². The molecular formula is C28H29N3O2S. The molecule has 6 heteroatoms. The third-order valence-corrected chi connectivity index (χ3v) is 6.52. The van der Waals surface area contributed by atoms with Gasteiger partial charge in [-0.05, 0) is 42.1 Å². The number of rotatable bonds is 10. The second-order valence-electron chi connectivity index (χ2n) is 8.05. The zero-order valence-electron chi connectivity index (χ0n) is 19.5. The van der Waals surface area contributed by atoms with Crippen LogP contribution in [0, 0.1) is 0 Å². The van der Waals surface area contributed by atoms with Gasteiger partial charge in [-0.15, -0.1) is 22.0 Å². The van der Waals surface area contributed by atoms with Gasteiger partial charge < -0.3 is 9.52 Å². The van der Waals surface area contributed by atoms with Gasteiger partial charge in [-0.3, -0.25) is 4.90 Å². The lowest BCUT2D eigenvalue weighted by Gasteiger charge is -2.14. The summed E-state index contributed by atoms with van der Waals surface area (Å²) in [5.41, 5.74) is 4.07. The number of likely N-dealkylation sites (N-methyl/N-ethyl adjacent to an activating group) is 1. The number of thioether (sulfide) groups is 1. The topological polar surface area (TPSA) is 62.4 Å². The average Bonchev–Trinajstić information content (AvgIpc) is 3.34. The number of aromatic hydroxyl groups is 1. The van der Waals surface area contributed by atoms with Gasteiger partial charge in [0.15, 0.2) is 0 Å². The van der Waals surface area contributed by atoms with Gasteiger partial charge in [0.25, 0.3) is 0 Å². The van der Waals surface area contributed by atoms with Crippen molar-refractivity contribution >= 4 is 17.8 Å². The molecule has 0 saturated carbocycles. The first-order valence-electron chi connectivity index (χ1n) is 11.4. The van der Waals surface area contributed by atoms with Crippen LogP contribution in [0.2, 0.25) is 0 Å². The number of hydrogen-bond acceptors (Lipinski definition) is 6. The number of benzene rings is 3. The maximum absolute atomic E-state index is 10.3. The average molecular weight is 472 g/mol. The lowest BCUT2D eigenvalue weighted by atomic mass is 10.1. The van der Waals surface area contributed by atoms with Gasteiger partial charge in [-0.2, -0.15) is 0 Å². The summed E-state index contributed by atoms with van der Waals surface area (Å²) in [6.45, 7) is 3.86. The quantitative estimate of drug-likeness (QED) is 0.288. The Balaban J connectivity index is 1.40. The molecule has 1 N–H and O–H groups in total. The normalized spacial score (nSPS) is 12.4. The van der Waals surface area contributed by atoms with Crippen molar-refractivity contribution in [3.05, 3.63) is 108 Å². The minimum atomic E-state index is -0.206. The molecule has 1 heterocycles. The second kappa shape index (κ2) is 11.7. The van der Waals surface area contributed by atoms with Crippen molar-refractivity contribution in [1.82, 2.24) is 15.1 Å². The summed E-state index contributed by atoms with van der Waals surface area (Å²) in [5, 5.41) is 18.6. The van der Waals surface area contributed by atoms with E-state index >= 15 is 0 Å². The third-order valence-electron chi connectivity index (χ3n) is 5.40. The van der Waals surface area contributed by atoms with Gasteiger partial charge in [0.1, 0.15) is 11.0 Å². The van der Waals surface area contributed by atoms with Crippen LogP contribution < -0.4 is 0 Å². The number of hydrogen-bond donors (Lipinski definition) is 1. The second-order valence-corrected chi connectivity index (χ2v) is 9.43. The van der Waals surface area contributed by atoms with Crippen molar-refractivity contribution in [2.75, 3.05) is 19.3 Å². The maximum atomic E-state index is 10.3. The number of para-hydroxylation sites is 1. The van der Waals surface area contributed by atoms with Crippen LogP contribution >= 0.6 is 11.8 Å². The molecule has 0 aliphatic carbocycles. The monoisotopic (exact) mass is 471 g/mol. The Morgan fingerprint density at radius 2 is 1.71 bits per heavy atom. The first kappa shape index (κ1) is 23.8. The molecule has 1 atom stereocenters. The SMILES string of the molecule is CCSC(c1nnc(-c2ccc(C=CCN(C)Cc3ccccc3)cc2)o1)c1ccccc1O. The molecular weight excluding hydrogens is 442 g/mol. The fraction of sp³-hybridized carbons (Fsp3) is 0.214. The van der Waals surface area contributed by atoms with Gasteiger partial charge in [-0.1, -0.05) is 79.7 Å². The van der Waals surface area contributed by atoms with Gasteiger partial charge in [0, 0.05) is 24.2 Å². The molecule has 4 aromatic rings. The summed E-state index contributed by atoms with van der Waals surface area (Å²) in [7, 11) is 2.12. The zero-order chi connectivity index (χ0) is 23.8. The van der Waals surface area contributed by atoms with E-state index in [9.17, 15) is 5.11 Å². The Morgan fingerprint density at radius 3 is 2.44 bits per heavy atom. The van der Waals surface area contributed by atoms with Crippen molar-refractivity contribution in [2.24, 2.45) is 0 Å². The summed E-state index contributed by atoms with van der Waals surface area (Å²) in [4.78, 5) is 2.27. The molecule has 0 aliphatic rings. The number of aromatic nitrogens is 2. The fourth-order valence-corrected chi connectivity index (χ4v) is 4.64. The summed E-state index contributed by atoms with van der Waals surface area (Å²) >= 11 is 1.65. The smallest absolute Gasteiger partial charge is 0.247 e. The van der Waals surface area contributed by atoms with E-state index in [2.05, 4.69) is 65.5 Å². The van der Waals surface area contributed by atoms with E-state index in [0.29, 0.717) is 11.8 Å². The van der Waals surface area contributed by atoms with Crippen molar-refractivity contribution in [3.8, 4) is 17.2 Å². The lowest BCUT2D eigenvalue weighted by molar-refractivity contribution is 0.364. The van der Waals surface area contributed by atoms with Crippen LogP contribution in [0.25, 0.3) is 17.5 Å². The summed E-state index contributed by atoms with van der Waals surface area (Å²) in [6, 6.07) is 25.8. The van der Waals surface area contributed by atoms with Crippen LogP contribution in [-0.2, 0) is 6.54 Å². The Morgan fingerprint density at radius 1 is 0.971 bits per heavy atom. The fourth-order valence-electron chi connectivity index (χ4n) is 3.69. The highest BCUT2D eigenvalue weighted by Crippen LogP contribution is 2.39. The van der Waals surface area contributed by atoms with E-state index in [1.807, 2.05) is 48.5 Å². The van der Waals surface area contributed by atoms with E-state index < -0.39 is 0 Å². The Kier molecular flexibility index (Phi) is 8.17. The highest BCUT2D eigenvalue weighted by Gasteiger charge is 2.23. The van der Waals surface area contributed by atoms with Gasteiger partial charge >= 0.3 is 0 Å². The molecule has 1 unspecified atom stereocenters. The molecule has 5 nitrogen and oxygen atoms in total. The highest BCUT2D eigenvalue weighted by molar-refractivity contribution is 7.99. The van der Waals surface area contributed by atoms with Gasteiger partial charge in [0.05, 0.1) is 0 Å².